The minimum absolute atomic E-state index is 0.0223. The lowest BCUT2D eigenvalue weighted by molar-refractivity contribution is 0.0512. The fourth-order valence-corrected chi connectivity index (χ4v) is 2.90. The van der Waals surface area contributed by atoms with Crippen molar-refractivity contribution in [2.45, 2.75) is 0 Å². The van der Waals surface area contributed by atoms with E-state index in [9.17, 15) is 4.79 Å². The van der Waals surface area contributed by atoms with Crippen LogP contribution in [0.1, 0.15) is 15.9 Å². The van der Waals surface area contributed by atoms with Crippen LogP contribution >= 0.6 is 23.2 Å². The van der Waals surface area contributed by atoms with Crippen LogP contribution in [0.5, 0.6) is 5.75 Å². The molecule has 132 valence electrons. The zero-order valence-corrected chi connectivity index (χ0v) is 15.1. The quantitative estimate of drug-likeness (QED) is 0.315. The van der Waals surface area contributed by atoms with Gasteiger partial charge >= 0.3 is 5.97 Å². The molecule has 0 fully saturated rings. The number of oxime groups is 1. The highest BCUT2D eigenvalue weighted by Gasteiger charge is 2.21. The Labute approximate surface area is 159 Å². The van der Waals surface area contributed by atoms with Crippen LogP contribution in [0.15, 0.2) is 53.8 Å². The molecule has 3 rings (SSSR count). The molecule has 6 nitrogen and oxygen atoms in total. The van der Waals surface area contributed by atoms with Gasteiger partial charge in [-0.05, 0) is 24.3 Å². The Balaban J connectivity index is 1.93. The van der Waals surface area contributed by atoms with E-state index in [1.54, 1.807) is 24.4 Å². The van der Waals surface area contributed by atoms with Crippen LogP contribution in [0.2, 0.25) is 10.0 Å². The molecular formula is C18H13Cl2N3O3. The summed E-state index contributed by atoms with van der Waals surface area (Å²) in [5, 5.41) is 4.86. The maximum atomic E-state index is 12.4. The Kier molecular flexibility index (Phi) is 5.25. The van der Waals surface area contributed by atoms with Crippen molar-refractivity contribution in [3.8, 4) is 5.75 Å². The van der Waals surface area contributed by atoms with Gasteiger partial charge in [0.15, 0.2) is 11.6 Å². The number of hydrogen-bond acceptors (Lipinski definition) is 5. The molecule has 2 N–H and O–H groups in total. The first-order chi connectivity index (χ1) is 12.5. The number of fused-ring (bicyclic) bond motifs is 1. The van der Waals surface area contributed by atoms with Crippen LogP contribution in [-0.4, -0.2) is 23.9 Å². The summed E-state index contributed by atoms with van der Waals surface area (Å²) in [5.74, 6) is -0.711. The van der Waals surface area contributed by atoms with Crippen LogP contribution in [0.4, 0.5) is 0 Å². The standard InChI is InChI=1S/C18H13Cl2N3O3/c1-25-16-13(20)8-7-12(19)15(16)18(24)26-23-17(21)11-4-2-6-14-10(11)5-3-9-22-14/h2-9H,1H3,(H2,21,23). The van der Waals surface area contributed by atoms with E-state index in [1.165, 1.54) is 19.2 Å². The molecule has 0 saturated heterocycles. The van der Waals surface area contributed by atoms with E-state index in [0.29, 0.717) is 5.56 Å². The molecule has 0 unspecified atom stereocenters. The molecule has 3 aromatic rings. The van der Waals surface area contributed by atoms with Crippen LogP contribution < -0.4 is 10.5 Å². The lowest BCUT2D eigenvalue weighted by Gasteiger charge is -2.10. The molecule has 0 saturated carbocycles. The molecule has 0 aliphatic carbocycles. The highest BCUT2D eigenvalue weighted by atomic mass is 35.5. The first kappa shape index (κ1) is 18.0. The van der Waals surface area contributed by atoms with Crippen LogP contribution in [0.25, 0.3) is 10.9 Å². The largest absolute Gasteiger partial charge is 0.494 e. The third-order valence-electron chi connectivity index (χ3n) is 3.62. The highest BCUT2D eigenvalue weighted by molar-refractivity contribution is 6.37. The van der Waals surface area contributed by atoms with Crippen molar-refractivity contribution in [3.05, 3.63) is 69.8 Å². The van der Waals surface area contributed by atoms with Gasteiger partial charge in [0.1, 0.15) is 5.56 Å². The van der Waals surface area contributed by atoms with Crippen LogP contribution in [0.3, 0.4) is 0 Å². The van der Waals surface area contributed by atoms with Gasteiger partial charge in [-0.1, -0.05) is 46.6 Å². The number of carbonyl (C=O) groups excluding carboxylic acids is 1. The molecule has 0 aliphatic heterocycles. The van der Waals surface area contributed by atoms with Gasteiger partial charge in [0, 0.05) is 17.1 Å². The number of aromatic nitrogens is 1. The van der Waals surface area contributed by atoms with E-state index in [1.807, 2.05) is 12.1 Å². The summed E-state index contributed by atoms with van der Waals surface area (Å²) in [4.78, 5) is 21.6. The second kappa shape index (κ2) is 7.59. The van der Waals surface area contributed by atoms with E-state index in [-0.39, 0.29) is 27.2 Å². The minimum atomic E-state index is -0.837. The van der Waals surface area contributed by atoms with Gasteiger partial charge in [-0.2, -0.15) is 0 Å². The number of carbonyl (C=O) groups is 1. The molecule has 26 heavy (non-hydrogen) atoms. The van der Waals surface area contributed by atoms with Crippen molar-refractivity contribution in [2.24, 2.45) is 10.9 Å². The van der Waals surface area contributed by atoms with Crippen LogP contribution in [-0.2, 0) is 4.84 Å². The molecule has 2 aromatic carbocycles. The maximum absolute atomic E-state index is 12.4. The second-order valence-corrected chi connectivity index (χ2v) is 5.98. The Morgan fingerprint density at radius 1 is 1.12 bits per heavy atom. The monoisotopic (exact) mass is 389 g/mol. The van der Waals surface area contributed by atoms with Crippen molar-refractivity contribution in [3.63, 3.8) is 0 Å². The molecule has 1 heterocycles. The number of rotatable bonds is 4. The van der Waals surface area contributed by atoms with Gasteiger partial charge in [0.05, 0.1) is 22.7 Å². The zero-order valence-electron chi connectivity index (χ0n) is 13.6. The number of pyridine rings is 1. The number of benzene rings is 2. The van der Waals surface area contributed by atoms with Gasteiger partial charge in [0.25, 0.3) is 0 Å². The Bertz CT molecular complexity index is 1020. The summed E-state index contributed by atoms with van der Waals surface area (Å²) in [6.07, 6.45) is 1.67. The van der Waals surface area contributed by atoms with Crippen molar-refractivity contribution in [1.29, 1.82) is 0 Å². The fourth-order valence-electron chi connectivity index (χ4n) is 2.44. The van der Waals surface area contributed by atoms with E-state index < -0.39 is 5.97 Å². The van der Waals surface area contributed by atoms with Gasteiger partial charge in [-0.25, -0.2) is 4.79 Å². The van der Waals surface area contributed by atoms with E-state index in [2.05, 4.69) is 10.1 Å². The number of hydrogen-bond donors (Lipinski definition) is 1. The smallest absolute Gasteiger partial charge is 0.371 e. The van der Waals surface area contributed by atoms with E-state index >= 15 is 0 Å². The summed E-state index contributed by atoms with van der Waals surface area (Å²) in [5.41, 5.74) is 7.29. The lowest BCUT2D eigenvalue weighted by atomic mass is 10.1. The summed E-state index contributed by atoms with van der Waals surface area (Å²) in [7, 11) is 1.37. The van der Waals surface area contributed by atoms with Crippen molar-refractivity contribution in [2.75, 3.05) is 7.11 Å². The zero-order chi connectivity index (χ0) is 18.7. The predicted molar refractivity (Wildman–Crippen MR) is 101 cm³/mol. The topological polar surface area (TPSA) is 86.8 Å². The normalized spacial score (nSPS) is 11.4. The SMILES string of the molecule is COc1c(Cl)ccc(Cl)c1C(=O)O/N=C(\N)c1cccc2ncccc12. The minimum Gasteiger partial charge on any atom is -0.494 e. The summed E-state index contributed by atoms with van der Waals surface area (Å²) in [6.45, 7) is 0. The first-order valence-corrected chi connectivity index (χ1v) is 8.19. The Morgan fingerprint density at radius 3 is 2.65 bits per heavy atom. The number of amidine groups is 1. The molecule has 0 bridgehead atoms. The molecular weight excluding hydrogens is 377 g/mol. The molecule has 0 spiro atoms. The third-order valence-corrected chi connectivity index (χ3v) is 4.23. The number of ether oxygens (including phenoxy) is 1. The highest BCUT2D eigenvalue weighted by Crippen LogP contribution is 2.34. The second-order valence-electron chi connectivity index (χ2n) is 5.17. The molecule has 8 heteroatoms. The van der Waals surface area contributed by atoms with Crippen molar-refractivity contribution >= 4 is 45.9 Å². The Morgan fingerprint density at radius 2 is 1.88 bits per heavy atom. The average molecular weight is 390 g/mol. The number of nitrogens with two attached hydrogens (primary N) is 1. The van der Waals surface area contributed by atoms with Crippen molar-refractivity contribution < 1.29 is 14.4 Å². The summed E-state index contributed by atoms with van der Waals surface area (Å²) in [6, 6.07) is 12.0. The number of halogens is 2. The van der Waals surface area contributed by atoms with E-state index in [4.69, 9.17) is 38.5 Å². The molecule has 0 atom stereocenters. The third kappa shape index (κ3) is 3.42. The van der Waals surface area contributed by atoms with Gasteiger partial charge in [-0.15, -0.1) is 0 Å². The summed E-state index contributed by atoms with van der Waals surface area (Å²) >= 11 is 12.1. The first-order valence-electron chi connectivity index (χ1n) is 7.44. The van der Waals surface area contributed by atoms with Gasteiger partial charge in [0.2, 0.25) is 0 Å². The number of methoxy groups -OCH3 is 1. The predicted octanol–water partition coefficient (Wildman–Crippen LogP) is 4.03. The lowest BCUT2D eigenvalue weighted by Crippen LogP contribution is -2.16. The molecule has 0 radical (unpaired) electrons. The molecule has 1 aromatic heterocycles. The van der Waals surface area contributed by atoms with Gasteiger partial charge < -0.3 is 15.3 Å². The van der Waals surface area contributed by atoms with Crippen LogP contribution in [0, 0.1) is 0 Å². The average Bonchev–Trinajstić information content (AvgIpc) is 2.66. The van der Waals surface area contributed by atoms with E-state index in [0.717, 1.165) is 10.9 Å². The van der Waals surface area contributed by atoms with Gasteiger partial charge in [-0.3, -0.25) is 4.98 Å². The molecule has 0 amide bonds. The molecule has 0 aliphatic rings. The summed E-state index contributed by atoms with van der Waals surface area (Å²) < 4.78 is 5.12. The number of nitrogens with zero attached hydrogens (tertiary/aromatic N) is 2. The fraction of sp³-hybridized carbons (Fsp3) is 0.0556. The van der Waals surface area contributed by atoms with Crippen molar-refractivity contribution in [1.82, 2.24) is 4.98 Å². The maximum Gasteiger partial charge on any atom is 0.371 e. The Hall–Kier alpha value is -2.83.